The molecule has 0 aliphatic rings. The zero-order valence-corrected chi connectivity index (χ0v) is 14.5. The van der Waals surface area contributed by atoms with Crippen LogP contribution in [-0.2, 0) is 16.6 Å². The van der Waals surface area contributed by atoms with E-state index in [9.17, 15) is 13.2 Å². The second-order valence-corrected chi connectivity index (χ2v) is 7.29. The van der Waals surface area contributed by atoms with E-state index >= 15 is 0 Å². The van der Waals surface area contributed by atoms with Crippen molar-refractivity contribution in [1.29, 1.82) is 0 Å². The normalized spacial score (nSPS) is 11.7. The van der Waals surface area contributed by atoms with E-state index in [1.807, 2.05) is 24.3 Å². The van der Waals surface area contributed by atoms with Crippen molar-refractivity contribution in [3.05, 3.63) is 59.0 Å². The van der Waals surface area contributed by atoms with Crippen LogP contribution in [0.15, 0.2) is 58.2 Å². The van der Waals surface area contributed by atoms with Gasteiger partial charge in [-0.2, -0.15) is 0 Å². The van der Waals surface area contributed by atoms with Crippen LogP contribution in [0.3, 0.4) is 0 Å². The van der Waals surface area contributed by atoms with Crippen LogP contribution in [0.4, 0.5) is 0 Å². The number of methoxy groups -OCH3 is 1. The average molecular weight is 361 g/mol. The van der Waals surface area contributed by atoms with Crippen molar-refractivity contribution in [2.75, 3.05) is 13.7 Å². The quantitative estimate of drug-likeness (QED) is 0.627. The first-order valence-corrected chi connectivity index (χ1v) is 9.31. The first-order chi connectivity index (χ1) is 12.0. The number of para-hydroxylation sites is 2. The minimum absolute atomic E-state index is 0.178. The Hall–Kier alpha value is -2.58. The predicted molar refractivity (Wildman–Crippen MR) is 95.4 cm³/mol. The summed E-state index contributed by atoms with van der Waals surface area (Å²) in [5.74, 6) is 0.595. The number of aryl methyl sites for hydroxylation is 1. The molecule has 0 bridgehead atoms. The number of sulfonamides is 1. The van der Waals surface area contributed by atoms with Gasteiger partial charge in [0.15, 0.2) is 0 Å². The minimum Gasteiger partial charge on any atom is -0.497 e. The Labute approximate surface area is 145 Å². The van der Waals surface area contributed by atoms with Crippen molar-refractivity contribution in [2.45, 2.75) is 17.9 Å². The van der Waals surface area contributed by atoms with E-state index in [-0.39, 0.29) is 17.1 Å². The summed E-state index contributed by atoms with van der Waals surface area (Å²) in [4.78, 5) is 14.9. The predicted octanol–water partition coefficient (Wildman–Crippen LogP) is 1.71. The van der Waals surface area contributed by atoms with Gasteiger partial charge >= 0.3 is 5.69 Å². The number of hydrogen-bond acceptors (Lipinski definition) is 4. The van der Waals surface area contributed by atoms with Crippen molar-refractivity contribution >= 4 is 21.1 Å². The highest BCUT2D eigenvalue weighted by atomic mass is 32.2. The molecule has 0 radical (unpaired) electrons. The molecule has 0 amide bonds. The Morgan fingerprint density at radius 1 is 1.12 bits per heavy atom. The number of rotatable bonds is 7. The van der Waals surface area contributed by atoms with Gasteiger partial charge in [-0.15, -0.1) is 0 Å². The van der Waals surface area contributed by atoms with Gasteiger partial charge in [0.2, 0.25) is 10.0 Å². The largest absolute Gasteiger partial charge is 0.497 e. The highest BCUT2D eigenvalue weighted by Gasteiger charge is 2.13. The molecule has 0 saturated carbocycles. The molecule has 0 aliphatic carbocycles. The van der Waals surface area contributed by atoms with Crippen LogP contribution in [0.1, 0.15) is 6.42 Å². The molecule has 1 heterocycles. The molecule has 2 N–H and O–H groups in total. The lowest BCUT2D eigenvalue weighted by molar-refractivity contribution is 0.414. The molecule has 0 aliphatic heterocycles. The smallest absolute Gasteiger partial charge is 0.326 e. The van der Waals surface area contributed by atoms with Gasteiger partial charge in [0.1, 0.15) is 5.75 Å². The fourth-order valence-electron chi connectivity index (χ4n) is 2.61. The molecule has 25 heavy (non-hydrogen) atoms. The van der Waals surface area contributed by atoms with Crippen LogP contribution in [-0.4, -0.2) is 31.6 Å². The maximum atomic E-state index is 12.2. The van der Waals surface area contributed by atoms with Crippen LogP contribution in [0.5, 0.6) is 5.75 Å². The number of ether oxygens (including phenoxy) is 1. The summed E-state index contributed by atoms with van der Waals surface area (Å²) >= 11 is 0. The molecule has 8 heteroatoms. The number of imidazole rings is 1. The molecule has 3 aromatic rings. The van der Waals surface area contributed by atoms with Crippen molar-refractivity contribution in [1.82, 2.24) is 14.3 Å². The Bertz CT molecular complexity index is 1020. The lowest BCUT2D eigenvalue weighted by Crippen LogP contribution is -2.26. The molecule has 0 fully saturated rings. The second kappa shape index (κ2) is 7.12. The first-order valence-electron chi connectivity index (χ1n) is 7.82. The average Bonchev–Trinajstić information content (AvgIpc) is 2.94. The number of aromatic nitrogens is 2. The maximum Gasteiger partial charge on any atom is 0.326 e. The highest BCUT2D eigenvalue weighted by molar-refractivity contribution is 7.89. The molecule has 132 valence electrons. The number of aromatic amines is 1. The SMILES string of the molecule is COc1ccc(S(=O)(=O)NCCCn2c(=O)[nH]c3ccccc32)cc1. The van der Waals surface area contributed by atoms with E-state index in [1.54, 1.807) is 16.7 Å². The van der Waals surface area contributed by atoms with Crippen LogP contribution in [0, 0.1) is 0 Å². The number of nitrogens with zero attached hydrogens (tertiary/aromatic N) is 1. The van der Waals surface area contributed by atoms with E-state index in [1.165, 1.54) is 19.2 Å². The van der Waals surface area contributed by atoms with E-state index in [0.717, 1.165) is 11.0 Å². The summed E-state index contributed by atoms with van der Waals surface area (Å²) in [6.07, 6.45) is 0.497. The number of H-pyrrole nitrogens is 1. The number of benzene rings is 2. The Morgan fingerprint density at radius 3 is 2.56 bits per heavy atom. The molecule has 0 atom stereocenters. The summed E-state index contributed by atoms with van der Waals surface area (Å²) < 4.78 is 33.7. The standard InChI is InChI=1S/C17H19N3O4S/c1-24-13-7-9-14(10-8-13)25(22,23)18-11-4-12-20-16-6-3-2-5-15(16)19-17(20)21/h2-3,5-10,18H,4,11-12H2,1H3,(H,19,21). The molecular weight excluding hydrogens is 342 g/mol. The molecule has 2 aromatic carbocycles. The molecule has 3 rings (SSSR count). The van der Waals surface area contributed by atoms with Gasteiger partial charge in [0.25, 0.3) is 0 Å². The summed E-state index contributed by atoms with van der Waals surface area (Å²) in [6.45, 7) is 0.661. The van der Waals surface area contributed by atoms with Gasteiger partial charge in [-0.25, -0.2) is 17.9 Å². The molecule has 1 aromatic heterocycles. The van der Waals surface area contributed by atoms with Crippen LogP contribution < -0.4 is 15.1 Å². The molecule has 0 spiro atoms. The van der Waals surface area contributed by atoms with Crippen molar-refractivity contribution in [3.8, 4) is 5.75 Å². The molecule has 0 unspecified atom stereocenters. The summed E-state index contributed by atoms with van der Waals surface area (Å²) in [5.41, 5.74) is 1.39. The number of fused-ring (bicyclic) bond motifs is 1. The van der Waals surface area contributed by atoms with E-state index in [0.29, 0.717) is 18.7 Å². The molecular formula is C17H19N3O4S. The number of hydrogen-bond donors (Lipinski definition) is 2. The monoisotopic (exact) mass is 361 g/mol. The second-order valence-electron chi connectivity index (χ2n) is 5.53. The van der Waals surface area contributed by atoms with Crippen molar-refractivity contribution in [2.24, 2.45) is 0 Å². The Kier molecular flexibility index (Phi) is 4.91. The Morgan fingerprint density at radius 2 is 1.84 bits per heavy atom. The zero-order chi connectivity index (χ0) is 17.9. The van der Waals surface area contributed by atoms with Gasteiger partial charge in [-0.3, -0.25) is 4.57 Å². The van der Waals surface area contributed by atoms with Gasteiger partial charge in [0, 0.05) is 13.1 Å². The van der Waals surface area contributed by atoms with Crippen LogP contribution in [0.2, 0.25) is 0 Å². The van der Waals surface area contributed by atoms with Gasteiger partial charge in [0.05, 0.1) is 23.0 Å². The lowest BCUT2D eigenvalue weighted by atomic mass is 10.3. The van der Waals surface area contributed by atoms with E-state index in [2.05, 4.69) is 9.71 Å². The summed E-state index contributed by atoms with van der Waals surface area (Å²) in [7, 11) is -2.06. The van der Waals surface area contributed by atoms with Gasteiger partial charge < -0.3 is 9.72 Å². The van der Waals surface area contributed by atoms with Crippen LogP contribution >= 0.6 is 0 Å². The fourth-order valence-corrected chi connectivity index (χ4v) is 3.68. The number of nitrogens with one attached hydrogen (secondary N) is 2. The van der Waals surface area contributed by atoms with E-state index < -0.39 is 10.0 Å². The minimum atomic E-state index is -3.58. The van der Waals surface area contributed by atoms with Crippen LogP contribution in [0.25, 0.3) is 11.0 Å². The third-order valence-electron chi connectivity index (χ3n) is 3.90. The fraction of sp³-hybridized carbons (Fsp3) is 0.235. The van der Waals surface area contributed by atoms with Gasteiger partial charge in [-0.05, 0) is 42.8 Å². The van der Waals surface area contributed by atoms with E-state index in [4.69, 9.17) is 4.74 Å². The highest BCUT2D eigenvalue weighted by Crippen LogP contribution is 2.15. The van der Waals surface area contributed by atoms with Gasteiger partial charge in [-0.1, -0.05) is 12.1 Å². The molecule has 0 saturated heterocycles. The third-order valence-corrected chi connectivity index (χ3v) is 5.38. The lowest BCUT2D eigenvalue weighted by Gasteiger charge is -2.08. The summed E-state index contributed by atoms with van der Waals surface area (Å²) in [5, 5.41) is 0. The third kappa shape index (κ3) is 3.75. The first kappa shape index (κ1) is 17.2. The zero-order valence-electron chi connectivity index (χ0n) is 13.7. The maximum absolute atomic E-state index is 12.2. The molecule has 7 nitrogen and oxygen atoms in total. The van der Waals surface area contributed by atoms with Crippen molar-refractivity contribution < 1.29 is 13.2 Å². The Balaban J connectivity index is 1.62. The topological polar surface area (TPSA) is 93.2 Å². The van der Waals surface area contributed by atoms with Crippen molar-refractivity contribution in [3.63, 3.8) is 0 Å². The summed E-state index contributed by atoms with van der Waals surface area (Å²) in [6, 6.07) is 13.6.